The predicted octanol–water partition coefficient (Wildman–Crippen LogP) is 1.77. The van der Waals surface area contributed by atoms with Gasteiger partial charge >= 0.3 is 5.97 Å². The zero-order chi connectivity index (χ0) is 14.1. The van der Waals surface area contributed by atoms with Crippen LogP contribution in [0.25, 0.3) is 0 Å². The fraction of sp³-hybridized carbons (Fsp3) is 0.429. The lowest BCUT2D eigenvalue weighted by molar-refractivity contribution is -0.140. The fourth-order valence-corrected chi connectivity index (χ4v) is 1.57. The van der Waals surface area contributed by atoms with E-state index in [0.29, 0.717) is 37.3 Å². The summed E-state index contributed by atoms with van der Waals surface area (Å²) in [5.74, 6) is 0.0911. The highest BCUT2D eigenvalue weighted by Crippen LogP contribution is 2.17. The van der Waals surface area contributed by atoms with Crippen LogP contribution in [0.3, 0.4) is 0 Å². The van der Waals surface area contributed by atoms with Crippen LogP contribution in [0.5, 0.6) is 5.75 Å². The maximum Gasteiger partial charge on any atom is 0.305 e. The summed E-state index contributed by atoms with van der Waals surface area (Å²) in [6, 6.07) is 7.07. The number of carbonyl (C=O) groups excluding carboxylic acids is 2. The summed E-state index contributed by atoms with van der Waals surface area (Å²) in [7, 11) is 1.35. The number of hydrogen-bond acceptors (Lipinski definition) is 4. The molecule has 1 aromatic rings. The van der Waals surface area contributed by atoms with E-state index >= 15 is 0 Å². The second-order valence-electron chi connectivity index (χ2n) is 3.86. The van der Waals surface area contributed by atoms with Crippen LogP contribution in [0.4, 0.5) is 0 Å². The summed E-state index contributed by atoms with van der Waals surface area (Å²) < 4.78 is 9.91. The van der Waals surface area contributed by atoms with Gasteiger partial charge in [0.05, 0.1) is 19.3 Å². The normalized spacial score (nSPS) is 9.79. The van der Waals surface area contributed by atoms with Gasteiger partial charge in [0.2, 0.25) is 0 Å². The lowest BCUT2D eigenvalue weighted by atomic mass is 10.2. The molecule has 1 rings (SSSR count). The number of methoxy groups -OCH3 is 1. The first kappa shape index (κ1) is 15.0. The smallest absolute Gasteiger partial charge is 0.305 e. The molecule has 0 spiro atoms. The van der Waals surface area contributed by atoms with Crippen LogP contribution in [0.2, 0.25) is 0 Å². The Morgan fingerprint density at radius 2 is 2.00 bits per heavy atom. The summed E-state index contributed by atoms with van der Waals surface area (Å²) >= 11 is 0. The van der Waals surface area contributed by atoms with Crippen molar-refractivity contribution in [2.45, 2.75) is 19.8 Å². The van der Waals surface area contributed by atoms with Crippen molar-refractivity contribution >= 4 is 11.9 Å². The minimum Gasteiger partial charge on any atom is -0.493 e. The van der Waals surface area contributed by atoms with E-state index in [-0.39, 0.29) is 11.9 Å². The summed E-state index contributed by atoms with van der Waals surface area (Å²) in [4.78, 5) is 22.9. The first-order valence-electron chi connectivity index (χ1n) is 6.25. The quantitative estimate of drug-likeness (QED) is 0.603. The van der Waals surface area contributed by atoms with Gasteiger partial charge in [-0.2, -0.15) is 0 Å². The van der Waals surface area contributed by atoms with E-state index in [9.17, 15) is 9.59 Å². The lowest BCUT2D eigenvalue weighted by Crippen LogP contribution is -2.25. The maximum atomic E-state index is 11.9. The Morgan fingerprint density at radius 1 is 1.26 bits per heavy atom. The van der Waals surface area contributed by atoms with Gasteiger partial charge in [-0.05, 0) is 25.5 Å². The van der Waals surface area contributed by atoms with Gasteiger partial charge in [-0.3, -0.25) is 9.59 Å². The Balaban J connectivity index is 2.47. The molecule has 1 aromatic carbocycles. The third-order valence-corrected chi connectivity index (χ3v) is 2.50. The number of nitrogens with one attached hydrogen (secondary N) is 1. The molecule has 0 radical (unpaired) electrons. The number of para-hydroxylation sites is 1. The largest absolute Gasteiger partial charge is 0.493 e. The van der Waals surface area contributed by atoms with E-state index in [1.165, 1.54) is 7.11 Å². The van der Waals surface area contributed by atoms with Gasteiger partial charge in [0.15, 0.2) is 0 Å². The molecule has 0 heterocycles. The average Bonchev–Trinajstić information content (AvgIpc) is 2.44. The van der Waals surface area contributed by atoms with Crippen molar-refractivity contribution in [2.75, 3.05) is 20.3 Å². The minimum atomic E-state index is -0.274. The number of ether oxygens (including phenoxy) is 2. The zero-order valence-corrected chi connectivity index (χ0v) is 11.3. The standard InChI is InChI=1S/C14H19NO4/c1-3-19-12-8-5-4-7-11(12)14(17)15-10-6-9-13(16)18-2/h4-5,7-8H,3,6,9-10H2,1-2H3,(H,15,17). The molecule has 0 saturated heterocycles. The highest BCUT2D eigenvalue weighted by atomic mass is 16.5. The number of carbonyl (C=O) groups is 2. The van der Waals surface area contributed by atoms with Gasteiger partial charge in [0.25, 0.3) is 5.91 Å². The van der Waals surface area contributed by atoms with E-state index in [1.54, 1.807) is 18.2 Å². The fourth-order valence-electron chi connectivity index (χ4n) is 1.57. The van der Waals surface area contributed by atoms with E-state index in [4.69, 9.17) is 4.74 Å². The van der Waals surface area contributed by atoms with Crippen LogP contribution in [0, 0.1) is 0 Å². The average molecular weight is 265 g/mol. The van der Waals surface area contributed by atoms with Crippen molar-refractivity contribution in [1.29, 1.82) is 0 Å². The molecule has 0 bridgehead atoms. The van der Waals surface area contributed by atoms with Gasteiger partial charge < -0.3 is 14.8 Å². The molecule has 0 aliphatic rings. The van der Waals surface area contributed by atoms with Crippen molar-refractivity contribution in [1.82, 2.24) is 5.32 Å². The summed E-state index contributed by atoms with van der Waals surface area (Å²) in [6.45, 7) is 2.80. The van der Waals surface area contributed by atoms with Crippen LogP contribution in [0.1, 0.15) is 30.1 Å². The Hall–Kier alpha value is -2.04. The van der Waals surface area contributed by atoms with E-state index in [2.05, 4.69) is 10.1 Å². The summed E-state index contributed by atoms with van der Waals surface area (Å²) in [5.41, 5.74) is 0.502. The molecule has 0 fully saturated rings. The Bertz CT molecular complexity index is 431. The Labute approximate surface area is 112 Å². The third kappa shape index (κ3) is 4.99. The summed E-state index contributed by atoms with van der Waals surface area (Å²) in [5, 5.41) is 2.75. The number of amides is 1. The lowest BCUT2D eigenvalue weighted by Gasteiger charge is -2.10. The van der Waals surface area contributed by atoms with Crippen LogP contribution in [0.15, 0.2) is 24.3 Å². The van der Waals surface area contributed by atoms with Crippen molar-refractivity contribution in [3.8, 4) is 5.75 Å². The molecule has 19 heavy (non-hydrogen) atoms. The van der Waals surface area contributed by atoms with E-state index in [0.717, 1.165) is 0 Å². The molecule has 1 N–H and O–H groups in total. The maximum absolute atomic E-state index is 11.9. The molecule has 0 unspecified atom stereocenters. The molecule has 0 aliphatic carbocycles. The third-order valence-electron chi connectivity index (χ3n) is 2.50. The van der Waals surface area contributed by atoms with E-state index in [1.807, 2.05) is 13.0 Å². The number of benzene rings is 1. The molecule has 0 aliphatic heterocycles. The number of rotatable bonds is 7. The van der Waals surface area contributed by atoms with Crippen molar-refractivity contribution < 1.29 is 19.1 Å². The zero-order valence-electron chi connectivity index (χ0n) is 11.3. The molecule has 5 nitrogen and oxygen atoms in total. The molecule has 0 aromatic heterocycles. The summed E-state index contributed by atoms with van der Waals surface area (Å²) in [6.07, 6.45) is 0.846. The SMILES string of the molecule is CCOc1ccccc1C(=O)NCCCC(=O)OC. The van der Waals surface area contributed by atoms with Gasteiger partial charge in [0.1, 0.15) is 5.75 Å². The van der Waals surface area contributed by atoms with Gasteiger partial charge in [-0.15, -0.1) is 0 Å². The topological polar surface area (TPSA) is 64.6 Å². The molecule has 104 valence electrons. The molecule has 0 saturated carbocycles. The van der Waals surface area contributed by atoms with Crippen LogP contribution in [-0.2, 0) is 9.53 Å². The second-order valence-corrected chi connectivity index (χ2v) is 3.86. The Morgan fingerprint density at radius 3 is 2.68 bits per heavy atom. The van der Waals surface area contributed by atoms with Gasteiger partial charge in [-0.25, -0.2) is 0 Å². The highest BCUT2D eigenvalue weighted by Gasteiger charge is 2.11. The number of hydrogen-bond donors (Lipinski definition) is 1. The second kappa shape index (κ2) is 8.13. The van der Waals surface area contributed by atoms with Gasteiger partial charge in [0, 0.05) is 13.0 Å². The van der Waals surface area contributed by atoms with Crippen LogP contribution < -0.4 is 10.1 Å². The Kier molecular flexibility index (Phi) is 6.43. The first-order chi connectivity index (χ1) is 9.19. The van der Waals surface area contributed by atoms with Crippen molar-refractivity contribution in [2.24, 2.45) is 0 Å². The highest BCUT2D eigenvalue weighted by molar-refractivity contribution is 5.96. The predicted molar refractivity (Wildman–Crippen MR) is 71.2 cm³/mol. The molecule has 1 amide bonds. The van der Waals surface area contributed by atoms with E-state index < -0.39 is 0 Å². The van der Waals surface area contributed by atoms with Crippen molar-refractivity contribution in [3.63, 3.8) is 0 Å². The first-order valence-corrected chi connectivity index (χ1v) is 6.25. The van der Waals surface area contributed by atoms with Gasteiger partial charge in [-0.1, -0.05) is 12.1 Å². The monoisotopic (exact) mass is 265 g/mol. The molecular formula is C14H19NO4. The molecule has 5 heteroatoms. The van der Waals surface area contributed by atoms with Crippen molar-refractivity contribution in [3.05, 3.63) is 29.8 Å². The molecular weight excluding hydrogens is 246 g/mol. The minimum absolute atomic E-state index is 0.200. The number of esters is 1. The van der Waals surface area contributed by atoms with Crippen LogP contribution in [-0.4, -0.2) is 32.1 Å². The van der Waals surface area contributed by atoms with Crippen LogP contribution >= 0.6 is 0 Å². The molecule has 0 atom stereocenters.